The van der Waals surface area contributed by atoms with Gasteiger partial charge in [-0.25, -0.2) is 18.7 Å². The summed E-state index contributed by atoms with van der Waals surface area (Å²) in [5.74, 6) is 0.303. The fourth-order valence-corrected chi connectivity index (χ4v) is 3.31. The predicted molar refractivity (Wildman–Crippen MR) is 100.0 cm³/mol. The zero-order valence-electron chi connectivity index (χ0n) is 15.2. The molecule has 0 spiro atoms. The third-order valence-electron chi connectivity index (χ3n) is 4.91. The second kappa shape index (κ2) is 5.69. The highest BCUT2D eigenvalue weighted by Crippen LogP contribution is 2.32. The molecule has 0 fully saturated rings. The molecule has 5 rings (SSSR count). The number of rotatable bonds is 3. The molecule has 0 radical (unpaired) electrons. The number of benzene rings is 1. The maximum Gasteiger partial charge on any atom is 0.254 e. The summed E-state index contributed by atoms with van der Waals surface area (Å²) in [7, 11) is 0. The highest BCUT2D eigenvalue weighted by Gasteiger charge is 2.41. The van der Waals surface area contributed by atoms with Gasteiger partial charge in [-0.15, -0.1) is 5.10 Å². The summed E-state index contributed by atoms with van der Waals surface area (Å²) in [6.07, 6.45) is 1.66. The van der Waals surface area contributed by atoms with Crippen LogP contribution in [-0.4, -0.2) is 35.4 Å². The molecule has 3 aromatic heterocycles. The first kappa shape index (κ1) is 16.5. The minimum Gasteiger partial charge on any atom is -0.293 e. The van der Waals surface area contributed by atoms with Crippen molar-refractivity contribution in [2.45, 2.75) is 25.9 Å². The number of nitrogens with one attached hydrogen (secondary N) is 1. The summed E-state index contributed by atoms with van der Waals surface area (Å²) in [4.78, 5) is 20.9. The van der Waals surface area contributed by atoms with Crippen LogP contribution in [0.2, 0.25) is 0 Å². The van der Waals surface area contributed by atoms with E-state index in [2.05, 4.69) is 25.5 Å². The van der Waals surface area contributed by atoms with E-state index < -0.39 is 5.54 Å². The summed E-state index contributed by atoms with van der Waals surface area (Å²) in [5, 5.41) is 12.6. The Kier molecular flexibility index (Phi) is 3.36. The molecule has 0 atom stereocenters. The molecule has 0 aliphatic carbocycles. The van der Waals surface area contributed by atoms with Crippen LogP contribution >= 0.6 is 0 Å². The number of hydrogen-bond acceptors (Lipinski definition) is 5. The lowest BCUT2D eigenvalue weighted by atomic mass is 10.1. The van der Waals surface area contributed by atoms with E-state index in [0.717, 1.165) is 5.39 Å². The van der Waals surface area contributed by atoms with Gasteiger partial charge in [0.15, 0.2) is 5.65 Å². The Morgan fingerprint density at radius 2 is 1.96 bits per heavy atom. The minimum atomic E-state index is -0.829. The first-order chi connectivity index (χ1) is 13.4. The largest absolute Gasteiger partial charge is 0.293 e. The normalized spacial score (nSPS) is 15.0. The molecule has 0 unspecified atom stereocenters. The van der Waals surface area contributed by atoms with E-state index in [-0.39, 0.29) is 18.3 Å². The molecule has 4 aromatic rings. The molecular formula is C19H16FN7O. The van der Waals surface area contributed by atoms with Gasteiger partial charge >= 0.3 is 0 Å². The smallest absolute Gasteiger partial charge is 0.254 e. The number of nitrogens with zero attached hydrogens (tertiary/aromatic N) is 6. The molecule has 9 heteroatoms. The number of anilines is 1. The van der Waals surface area contributed by atoms with Crippen molar-refractivity contribution < 1.29 is 9.18 Å². The first-order valence-electron chi connectivity index (χ1n) is 8.79. The average Bonchev–Trinajstić information content (AvgIpc) is 3.31. The van der Waals surface area contributed by atoms with E-state index in [0.29, 0.717) is 28.7 Å². The molecule has 1 amide bonds. The van der Waals surface area contributed by atoms with Gasteiger partial charge in [0.2, 0.25) is 11.8 Å². The number of pyridine rings is 1. The second-order valence-electron chi connectivity index (χ2n) is 7.16. The maximum absolute atomic E-state index is 14.1. The zero-order chi connectivity index (χ0) is 19.5. The van der Waals surface area contributed by atoms with Crippen LogP contribution in [0.25, 0.3) is 22.6 Å². The molecule has 28 heavy (non-hydrogen) atoms. The predicted octanol–water partition coefficient (Wildman–Crippen LogP) is 2.56. The van der Waals surface area contributed by atoms with Gasteiger partial charge in [-0.3, -0.25) is 10.1 Å². The molecule has 8 nitrogen and oxygen atoms in total. The van der Waals surface area contributed by atoms with Crippen molar-refractivity contribution in [1.82, 2.24) is 29.5 Å². The Morgan fingerprint density at radius 3 is 2.75 bits per heavy atom. The van der Waals surface area contributed by atoms with Crippen LogP contribution in [0, 0.1) is 5.82 Å². The number of fused-ring (bicyclic) bond motifs is 2. The van der Waals surface area contributed by atoms with Gasteiger partial charge in [0.05, 0.1) is 11.9 Å². The lowest BCUT2D eigenvalue weighted by molar-refractivity contribution is -0.121. The van der Waals surface area contributed by atoms with Gasteiger partial charge in [-0.05, 0) is 32.0 Å². The fourth-order valence-electron chi connectivity index (χ4n) is 3.31. The van der Waals surface area contributed by atoms with Crippen molar-refractivity contribution in [1.29, 1.82) is 0 Å². The van der Waals surface area contributed by atoms with Crippen molar-refractivity contribution in [2.24, 2.45) is 0 Å². The molecule has 1 aliphatic heterocycles. The van der Waals surface area contributed by atoms with Crippen LogP contribution in [0.5, 0.6) is 0 Å². The number of amides is 1. The highest BCUT2D eigenvalue weighted by molar-refractivity contribution is 5.99. The summed E-state index contributed by atoms with van der Waals surface area (Å²) in [6, 6.07) is 10.2. The first-order valence-corrected chi connectivity index (χ1v) is 8.79. The van der Waals surface area contributed by atoms with Crippen LogP contribution < -0.4 is 5.32 Å². The van der Waals surface area contributed by atoms with Crippen LogP contribution in [0.1, 0.15) is 19.4 Å². The van der Waals surface area contributed by atoms with Crippen molar-refractivity contribution >= 4 is 22.9 Å². The highest BCUT2D eigenvalue weighted by atomic mass is 19.1. The summed E-state index contributed by atoms with van der Waals surface area (Å²) < 4.78 is 17.3. The molecule has 0 saturated carbocycles. The Labute approximate surface area is 159 Å². The third-order valence-corrected chi connectivity index (χ3v) is 4.91. The fraction of sp³-hybridized carbons (Fsp3) is 0.211. The quantitative estimate of drug-likeness (QED) is 0.593. The van der Waals surface area contributed by atoms with E-state index in [1.54, 1.807) is 53.7 Å². The molecule has 1 N–H and O–H groups in total. The summed E-state index contributed by atoms with van der Waals surface area (Å²) >= 11 is 0. The van der Waals surface area contributed by atoms with Crippen LogP contribution in [0.15, 0.2) is 42.6 Å². The van der Waals surface area contributed by atoms with Gasteiger partial charge in [-0.2, -0.15) is 10.1 Å². The molecule has 140 valence electrons. The number of halogens is 1. The zero-order valence-corrected chi connectivity index (χ0v) is 15.2. The van der Waals surface area contributed by atoms with E-state index in [9.17, 15) is 9.18 Å². The Morgan fingerprint density at radius 1 is 1.14 bits per heavy atom. The van der Waals surface area contributed by atoms with Gasteiger partial charge in [0, 0.05) is 11.8 Å². The van der Waals surface area contributed by atoms with E-state index in [1.807, 2.05) is 6.07 Å². The van der Waals surface area contributed by atoms with E-state index in [1.165, 1.54) is 6.07 Å². The molecule has 0 bridgehead atoms. The standard InChI is InChI=1S/C19H16FN7O/c1-19(2)17(28)23-18-22-15(25-27(18)19)14-12-7-5-9-21-16(12)26(24-14)10-11-6-3-4-8-13(11)20/h3-9H,10H2,1-2H3,(H,22,23,25,28). The van der Waals surface area contributed by atoms with Crippen molar-refractivity contribution in [3.8, 4) is 11.5 Å². The average molecular weight is 377 g/mol. The number of carbonyl (C=O) groups excluding carboxylic acids is 1. The van der Waals surface area contributed by atoms with Gasteiger partial charge < -0.3 is 0 Å². The topological polar surface area (TPSA) is 90.5 Å². The summed E-state index contributed by atoms with van der Waals surface area (Å²) in [5.41, 5.74) is 0.827. The van der Waals surface area contributed by atoms with Crippen molar-refractivity contribution in [3.63, 3.8) is 0 Å². The maximum atomic E-state index is 14.1. The molecule has 1 aliphatic rings. The number of aromatic nitrogens is 6. The number of carbonyl (C=O) groups is 1. The Hall–Kier alpha value is -3.62. The van der Waals surface area contributed by atoms with E-state index >= 15 is 0 Å². The monoisotopic (exact) mass is 377 g/mol. The van der Waals surface area contributed by atoms with Gasteiger partial charge in [0.1, 0.15) is 17.1 Å². The molecule has 1 aromatic carbocycles. The van der Waals surface area contributed by atoms with Crippen LogP contribution in [-0.2, 0) is 16.9 Å². The third kappa shape index (κ3) is 2.32. The minimum absolute atomic E-state index is 0.161. The van der Waals surface area contributed by atoms with Gasteiger partial charge in [-0.1, -0.05) is 18.2 Å². The summed E-state index contributed by atoms with van der Waals surface area (Å²) in [6.45, 7) is 3.78. The lowest BCUT2D eigenvalue weighted by Gasteiger charge is -2.14. The van der Waals surface area contributed by atoms with E-state index in [4.69, 9.17) is 0 Å². The lowest BCUT2D eigenvalue weighted by Crippen LogP contribution is -2.33. The van der Waals surface area contributed by atoms with Crippen LogP contribution in [0.4, 0.5) is 10.3 Å². The molecular weight excluding hydrogens is 361 g/mol. The van der Waals surface area contributed by atoms with Crippen molar-refractivity contribution in [3.05, 3.63) is 54.0 Å². The van der Waals surface area contributed by atoms with Crippen LogP contribution in [0.3, 0.4) is 0 Å². The number of hydrogen-bond donors (Lipinski definition) is 1. The second-order valence-corrected chi connectivity index (χ2v) is 7.16. The Bertz CT molecular complexity index is 1240. The SMILES string of the molecule is CC1(C)C(=O)Nc2nc(-c3nn(Cc4ccccc4F)c4ncccc34)nn21. The Balaban J connectivity index is 1.63. The molecule has 0 saturated heterocycles. The molecule has 4 heterocycles. The van der Waals surface area contributed by atoms with Gasteiger partial charge in [0.25, 0.3) is 5.91 Å². The van der Waals surface area contributed by atoms with Crippen molar-refractivity contribution in [2.75, 3.05) is 5.32 Å².